The van der Waals surface area contributed by atoms with Crippen LogP contribution in [0.3, 0.4) is 0 Å². The molecule has 0 spiro atoms. The number of benzene rings is 3. The van der Waals surface area contributed by atoms with E-state index in [-0.39, 0.29) is 41.3 Å². The minimum Gasteiger partial charge on any atom is -0.490 e. The lowest BCUT2D eigenvalue weighted by molar-refractivity contribution is -0.213. The molecule has 4 aromatic rings. The van der Waals surface area contributed by atoms with E-state index in [0.29, 0.717) is 16.3 Å². The first kappa shape index (κ1) is 31.9. The number of rotatable bonds is 11. The van der Waals surface area contributed by atoms with Crippen LogP contribution in [0.5, 0.6) is 11.5 Å². The van der Waals surface area contributed by atoms with Crippen molar-refractivity contribution in [3.05, 3.63) is 90.1 Å². The number of fused-ring (bicyclic) bond motifs is 1. The predicted octanol–water partition coefficient (Wildman–Crippen LogP) is 6.25. The van der Waals surface area contributed by atoms with Crippen LogP contribution in [-0.2, 0) is 20.1 Å². The fourth-order valence-electron chi connectivity index (χ4n) is 4.54. The molecular weight excluding hydrogens is 577 g/mol. The average Bonchev–Trinajstić information content (AvgIpc) is 2.97. The smallest absolute Gasteiger partial charge is 0.490 e. The highest BCUT2D eigenvalue weighted by Crippen LogP contribution is 2.38. The molecule has 0 aliphatic rings. The fraction of sp³-hybridized carbons (Fsp3) is 0.281. The highest BCUT2D eigenvalue weighted by Gasteiger charge is 2.52. The first-order valence-electron chi connectivity index (χ1n) is 13.9. The molecule has 9 nitrogen and oxygen atoms in total. The van der Waals surface area contributed by atoms with Gasteiger partial charge >= 0.3 is 12.1 Å². The van der Waals surface area contributed by atoms with Crippen molar-refractivity contribution in [3.63, 3.8) is 0 Å². The average molecular weight is 611 g/mol. The molecular formula is C32H33F3N4O5. The number of nitrogens with one attached hydrogen (secondary N) is 2. The molecule has 3 aromatic carbocycles. The zero-order valence-electron chi connectivity index (χ0n) is 24.6. The number of alkyl halides is 3. The lowest BCUT2D eigenvalue weighted by atomic mass is 9.98. The maximum absolute atomic E-state index is 14.2. The van der Waals surface area contributed by atoms with E-state index >= 15 is 0 Å². The van der Waals surface area contributed by atoms with Crippen molar-refractivity contribution in [2.24, 2.45) is 0 Å². The second kappa shape index (κ2) is 13.1. The predicted molar refractivity (Wildman–Crippen MR) is 160 cm³/mol. The van der Waals surface area contributed by atoms with Crippen molar-refractivity contribution in [1.29, 1.82) is 0 Å². The van der Waals surface area contributed by atoms with Crippen LogP contribution < -0.4 is 25.8 Å². The van der Waals surface area contributed by atoms with Crippen LogP contribution >= 0.6 is 0 Å². The Bertz CT molecular complexity index is 1630. The third kappa shape index (κ3) is 7.13. The van der Waals surface area contributed by atoms with Gasteiger partial charge in [-0.2, -0.15) is 13.2 Å². The zero-order chi connectivity index (χ0) is 32.1. The molecule has 1 aromatic heterocycles. The summed E-state index contributed by atoms with van der Waals surface area (Å²) in [4.78, 5) is 30.8. The van der Waals surface area contributed by atoms with Gasteiger partial charge in [0.25, 0.3) is 11.6 Å². The first-order valence-corrected chi connectivity index (χ1v) is 13.9. The first-order chi connectivity index (χ1) is 20.8. The number of pyridine rings is 1. The molecule has 1 unspecified atom stereocenters. The van der Waals surface area contributed by atoms with Crippen LogP contribution in [0.1, 0.15) is 44.9 Å². The molecule has 4 rings (SSSR count). The minimum absolute atomic E-state index is 0.134. The van der Waals surface area contributed by atoms with Crippen LogP contribution in [0.15, 0.2) is 79.0 Å². The number of hydrogen-bond acceptors (Lipinski definition) is 8. The molecule has 12 heteroatoms. The van der Waals surface area contributed by atoms with E-state index in [4.69, 9.17) is 19.9 Å². The highest BCUT2D eigenvalue weighted by atomic mass is 19.4. The van der Waals surface area contributed by atoms with Gasteiger partial charge in [-0.05, 0) is 81.1 Å². The monoisotopic (exact) mass is 610 g/mol. The summed E-state index contributed by atoms with van der Waals surface area (Å²) in [6.45, 7) is 7.13. The summed E-state index contributed by atoms with van der Waals surface area (Å²) >= 11 is 0. The largest absolute Gasteiger partial charge is 0.491 e. The SMILES string of the molecule is CCOc1cc(C(Nc2ccc3c(N)nccc3c2)(OC(=O)C(F)(F)F)C(=O)N[C@@H](C)c2ccccc2)ccc1OC(C)C. The molecule has 0 bridgehead atoms. The minimum atomic E-state index is -5.43. The van der Waals surface area contributed by atoms with Gasteiger partial charge in [0.1, 0.15) is 5.82 Å². The summed E-state index contributed by atoms with van der Waals surface area (Å²) in [7, 11) is 0. The van der Waals surface area contributed by atoms with E-state index in [0.717, 1.165) is 0 Å². The third-order valence-electron chi connectivity index (χ3n) is 6.57. The molecule has 0 aliphatic heterocycles. The van der Waals surface area contributed by atoms with Crippen LogP contribution in [0.4, 0.5) is 24.7 Å². The summed E-state index contributed by atoms with van der Waals surface area (Å²) in [5, 5.41) is 6.66. The Kier molecular flexibility index (Phi) is 9.51. The van der Waals surface area contributed by atoms with Crippen molar-refractivity contribution in [2.45, 2.75) is 51.7 Å². The van der Waals surface area contributed by atoms with Crippen LogP contribution in [0, 0.1) is 0 Å². The zero-order valence-corrected chi connectivity index (χ0v) is 24.6. The van der Waals surface area contributed by atoms with Gasteiger partial charge in [0, 0.05) is 22.8 Å². The topological polar surface area (TPSA) is 125 Å². The Morgan fingerprint density at radius 3 is 2.34 bits per heavy atom. The van der Waals surface area contributed by atoms with E-state index in [9.17, 15) is 22.8 Å². The molecule has 2 atom stereocenters. The van der Waals surface area contributed by atoms with Crippen LogP contribution in [-0.4, -0.2) is 35.7 Å². The Hall–Kier alpha value is -5.00. The number of aromatic nitrogens is 1. The van der Waals surface area contributed by atoms with E-state index in [2.05, 4.69) is 15.6 Å². The van der Waals surface area contributed by atoms with E-state index in [1.807, 2.05) is 0 Å². The van der Waals surface area contributed by atoms with E-state index in [1.54, 1.807) is 76.2 Å². The highest BCUT2D eigenvalue weighted by molar-refractivity contribution is 5.96. The van der Waals surface area contributed by atoms with Crippen molar-refractivity contribution >= 4 is 34.2 Å². The number of nitrogen functional groups attached to an aromatic ring is 1. The molecule has 0 saturated carbocycles. The lowest BCUT2D eigenvalue weighted by Crippen LogP contribution is -2.55. The maximum Gasteiger partial charge on any atom is 0.491 e. The van der Waals surface area contributed by atoms with Gasteiger partial charge in [-0.25, -0.2) is 9.78 Å². The van der Waals surface area contributed by atoms with Gasteiger partial charge in [-0.15, -0.1) is 0 Å². The fourth-order valence-corrected chi connectivity index (χ4v) is 4.54. The van der Waals surface area contributed by atoms with E-state index < -0.39 is 29.8 Å². The summed E-state index contributed by atoms with van der Waals surface area (Å²) in [5.41, 5.74) is 3.91. The molecule has 1 heterocycles. The quantitative estimate of drug-likeness (QED) is 0.134. The second-order valence-electron chi connectivity index (χ2n) is 10.2. The number of carbonyl (C=O) groups excluding carboxylic acids is 2. The molecule has 4 N–H and O–H groups in total. The third-order valence-corrected chi connectivity index (χ3v) is 6.57. The van der Waals surface area contributed by atoms with Crippen molar-refractivity contribution < 1.29 is 37.0 Å². The van der Waals surface area contributed by atoms with Crippen LogP contribution in [0.25, 0.3) is 10.8 Å². The van der Waals surface area contributed by atoms with Crippen molar-refractivity contribution in [2.75, 3.05) is 17.7 Å². The summed E-state index contributed by atoms with van der Waals surface area (Å²) in [6.07, 6.45) is -4.22. The van der Waals surface area contributed by atoms with Crippen molar-refractivity contribution in [3.8, 4) is 11.5 Å². The van der Waals surface area contributed by atoms with Gasteiger partial charge in [0.2, 0.25) is 0 Å². The normalized spacial score (nSPS) is 13.5. The van der Waals surface area contributed by atoms with Gasteiger partial charge in [-0.3, -0.25) is 4.79 Å². The Balaban J connectivity index is 1.93. The van der Waals surface area contributed by atoms with Gasteiger partial charge in [0.15, 0.2) is 11.5 Å². The number of amides is 1. The lowest BCUT2D eigenvalue weighted by Gasteiger charge is -2.35. The van der Waals surface area contributed by atoms with Gasteiger partial charge in [0.05, 0.1) is 18.8 Å². The molecule has 0 fully saturated rings. The molecule has 0 saturated heterocycles. The number of anilines is 2. The van der Waals surface area contributed by atoms with Crippen molar-refractivity contribution in [1.82, 2.24) is 10.3 Å². The Labute approximate surface area is 252 Å². The number of nitrogens with zero attached hydrogens (tertiary/aromatic N) is 1. The summed E-state index contributed by atoms with van der Waals surface area (Å²) in [6, 6.07) is 18.5. The van der Waals surface area contributed by atoms with Crippen LogP contribution in [0.2, 0.25) is 0 Å². The summed E-state index contributed by atoms with van der Waals surface area (Å²) < 4.78 is 58.1. The maximum atomic E-state index is 14.2. The second-order valence-corrected chi connectivity index (χ2v) is 10.2. The summed E-state index contributed by atoms with van der Waals surface area (Å²) in [5.74, 6) is -2.99. The molecule has 1 amide bonds. The molecule has 0 radical (unpaired) electrons. The molecule has 0 aliphatic carbocycles. The number of carbonyl (C=O) groups is 2. The Morgan fingerprint density at radius 2 is 1.68 bits per heavy atom. The van der Waals surface area contributed by atoms with Gasteiger partial charge in [-0.1, -0.05) is 30.3 Å². The number of hydrogen-bond donors (Lipinski definition) is 3. The van der Waals surface area contributed by atoms with Gasteiger partial charge < -0.3 is 30.6 Å². The molecule has 232 valence electrons. The standard InChI is InChI=1S/C32H33F3N4O5/c1-5-42-27-18-23(11-14-26(27)43-19(2)3)31(44-30(41)32(33,34)35,29(40)38-20(4)21-9-7-6-8-10-21)39-24-12-13-25-22(17-24)15-16-37-28(25)36/h6-20,39H,5H2,1-4H3,(H2,36,37)(H,38,40)/t20-,31?/m0/s1. The molecule has 44 heavy (non-hydrogen) atoms. The number of esters is 1. The number of ether oxygens (including phenoxy) is 3. The number of nitrogens with two attached hydrogens (primary N) is 1. The van der Waals surface area contributed by atoms with E-state index in [1.165, 1.54) is 30.5 Å². The Morgan fingerprint density at radius 1 is 0.955 bits per heavy atom. The number of halogens is 3.